The van der Waals surface area contributed by atoms with E-state index in [1.54, 1.807) is 0 Å². The second-order valence-corrected chi connectivity index (χ2v) is 3.07. The Morgan fingerprint density at radius 2 is 1.78 bits per heavy atom. The monoisotopic (exact) mass is 147 g/mol. The standard InChI is InChI=1S/C7H13N.ClH/c1-8-7-5-3-2-4-6(5)7;/h5-8H,2-4H2,1H3;1H. The van der Waals surface area contributed by atoms with Crippen LogP contribution in [0.4, 0.5) is 0 Å². The smallest absolute Gasteiger partial charge is 0.0127 e. The third-order valence-electron chi connectivity index (χ3n) is 2.74. The molecule has 0 spiro atoms. The van der Waals surface area contributed by atoms with Crippen LogP contribution in [0, 0.1) is 11.8 Å². The van der Waals surface area contributed by atoms with Crippen LogP contribution in [0.5, 0.6) is 0 Å². The van der Waals surface area contributed by atoms with Crippen LogP contribution >= 0.6 is 12.4 Å². The fourth-order valence-electron chi connectivity index (χ4n) is 2.25. The summed E-state index contributed by atoms with van der Waals surface area (Å²) in [6.07, 6.45) is 4.49. The van der Waals surface area contributed by atoms with Crippen molar-refractivity contribution in [2.24, 2.45) is 11.8 Å². The van der Waals surface area contributed by atoms with Crippen molar-refractivity contribution in [2.75, 3.05) is 7.05 Å². The van der Waals surface area contributed by atoms with Crippen LogP contribution in [-0.4, -0.2) is 13.1 Å². The van der Waals surface area contributed by atoms with E-state index in [0.29, 0.717) is 0 Å². The SMILES string of the molecule is CNC1C2CCCC21.Cl. The summed E-state index contributed by atoms with van der Waals surface area (Å²) >= 11 is 0. The molecule has 0 aliphatic heterocycles. The molecule has 2 rings (SSSR count). The van der Waals surface area contributed by atoms with Gasteiger partial charge in [-0.3, -0.25) is 0 Å². The van der Waals surface area contributed by atoms with Crippen LogP contribution in [0.25, 0.3) is 0 Å². The number of hydrogen-bond donors (Lipinski definition) is 1. The maximum absolute atomic E-state index is 3.34. The van der Waals surface area contributed by atoms with Crippen molar-refractivity contribution in [1.82, 2.24) is 5.32 Å². The van der Waals surface area contributed by atoms with E-state index in [4.69, 9.17) is 0 Å². The van der Waals surface area contributed by atoms with Crippen LogP contribution in [-0.2, 0) is 0 Å². The van der Waals surface area contributed by atoms with Crippen LogP contribution in [0.2, 0.25) is 0 Å². The summed E-state index contributed by atoms with van der Waals surface area (Å²) in [5.41, 5.74) is 0. The van der Waals surface area contributed by atoms with Crippen molar-refractivity contribution in [3.63, 3.8) is 0 Å². The third-order valence-corrected chi connectivity index (χ3v) is 2.74. The molecule has 0 heterocycles. The zero-order valence-electron chi connectivity index (χ0n) is 5.76. The van der Waals surface area contributed by atoms with E-state index in [1.807, 2.05) is 0 Å². The Labute approximate surface area is 62.6 Å². The molecular formula is C7H14ClN. The van der Waals surface area contributed by atoms with Crippen molar-refractivity contribution < 1.29 is 0 Å². The largest absolute Gasteiger partial charge is 0.316 e. The summed E-state index contributed by atoms with van der Waals surface area (Å²) in [7, 11) is 2.09. The Morgan fingerprint density at radius 3 is 2.11 bits per heavy atom. The second-order valence-electron chi connectivity index (χ2n) is 3.07. The van der Waals surface area contributed by atoms with Gasteiger partial charge in [-0.1, -0.05) is 6.42 Å². The van der Waals surface area contributed by atoms with Crippen molar-refractivity contribution in [3.05, 3.63) is 0 Å². The average Bonchev–Trinajstić information content (AvgIpc) is 2.22. The molecule has 2 aliphatic carbocycles. The Morgan fingerprint density at radius 1 is 1.22 bits per heavy atom. The summed E-state index contributed by atoms with van der Waals surface area (Å²) in [6, 6.07) is 0.920. The van der Waals surface area contributed by atoms with E-state index in [0.717, 1.165) is 17.9 Å². The summed E-state index contributed by atoms with van der Waals surface area (Å²) in [6.45, 7) is 0. The van der Waals surface area contributed by atoms with E-state index >= 15 is 0 Å². The molecule has 0 aromatic heterocycles. The minimum Gasteiger partial charge on any atom is -0.316 e. The van der Waals surface area contributed by atoms with Gasteiger partial charge in [-0.2, -0.15) is 0 Å². The molecule has 1 nitrogen and oxygen atoms in total. The number of nitrogens with one attached hydrogen (secondary N) is 1. The third kappa shape index (κ3) is 0.968. The van der Waals surface area contributed by atoms with E-state index in [1.165, 1.54) is 19.3 Å². The van der Waals surface area contributed by atoms with Crippen molar-refractivity contribution in [2.45, 2.75) is 25.3 Å². The van der Waals surface area contributed by atoms with Crippen molar-refractivity contribution >= 4 is 12.4 Å². The number of halogens is 1. The molecule has 0 radical (unpaired) electrons. The molecule has 0 amide bonds. The lowest BCUT2D eigenvalue weighted by Gasteiger charge is -1.97. The lowest BCUT2D eigenvalue weighted by Crippen LogP contribution is -2.13. The summed E-state index contributed by atoms with van der Waals surface area (Å²) < 4.78 is 0. The van der Waals surface area contributed by atoms with Gasteiger partial charge in [-0.25, -0.2) is 0 Å². The first-order chi connectivity index (χ1) is 3.93. The quantitative estimate of drug-likeness (QED) is 0.592. The number of fused-ring (bicyclic) bond motifs is 1. The Balaban J connectivity index is 0.000000405. The maximum Gasteiger partial charge on any atom is 0.0127 e. The predicted molar refractivity (Wildman–Crippen MR) is 40.9 cm³/mol. The summed E-state index contributed by atoms with van der Waals surface area (Å²) in [5, 5.41) is 3.34. The minimum absolute atomic E-state index is 0. The topological polar surface area (TPSA) is 12.0 Å². The molecule has 0 aromatic rings. The van der Waals surface area contributed by atoms with Crippen molar-refractivity contribution in [3.8, 4) is 0 Å². The van der Waals surface area contributed by atoms with Crippen LogP contribution in [0.3, 0.4) is 0 Å². The minimum atomic E-state index is 0. The number of rotatable bonds is 1. The van der Waals surface area contributed by atoms with E-state index in [-0.39, 0.29) is 12.4 Å². The molecule has 0 saturated heterocycles. The Kier molecular flexibility index (Phi) is 2.02. The highest BCUT2D eigenvalue weighted by molar-refractivity contribution is 5.85. The molecule has 2 unspecified atom stereocenters. The zero-order valence-corrected chi connectivity index (χ0v) is 6.58. The maximum atomic E-state index is 3.34. The van der Waals surface area contributed by atoms with Crippen molar-refractivity contribution in [1.29, 1.82) is 0 Å². The van der Waals surface area contributed by atoms with Crippen LogP contribution < -0.4 is 5.32 Å². The van der Waals surface area contributed by atoms with E-state index in [2.05, 4.69) is 12.4 Å². The molecule has 2 saturated carbocycles. The predicted octanol–water partition coefficient (Wildman–Crippen LogP) is 1.43. The highest BCUT2D eigenvalue weighted by atomic mass is 35.5. The fourth-order valence-corrected chi connectivity index (χ4v) is 2.25. The Bertz CT molecular complexity index is 88.3. The molecule has 2 heteroatoms. The molecule has 2 aliphatic rings. The van der Waals surface area contributed by atoms with Gasteiger partial charge in [0.1, 0.15) is 0 Å². The molecule has 0 aromatic carbocycles. The highest BCUT2D eigenvalue weighted by Crippen LogP contribution is 2.51. The van der Waals surface area contributed by atoms with Gasteiger partial charge in [-0.05, 0) is 31.7 Å². The molecular weight excluding hydrogens is 134 g/mol. The van der Waals surface area contributed by atoms with E-state index < -0.39 is 0 Å². The summed E-state index contributed by atoms with van der Waals surface area (Å²) in [5.74, 6) is 2.17. The van der Waals surface area contributed by atoms with Gasteiger partial charge in [0.05, 0.1) is 0 Å². The van der Waals surface area contributed by atoms with Gasteiger partial charge in [0.25, 0.3) is 0 Å². The zero-order chi connectivity index (χ0) is 5.56. The average molecular weight is 148 g/mol. The van der Waals surface area contributed by atoms with Gasteiger partial charge in [0, 0.05) is 6.04 Å². The van der Waals surface area contributed by atoms with Gasteiger partial charge in [-0.15, -0.1) is 12.4 Å². The lowest BCUT2D eigenvalue weighted by molar-refractivity contribution is 0.606. The molecule has 9 heavy (non-hydrogen) atoms. The van der Waals surface area contributed by atoms with Gasteiger partial charge in [0.2, 0.25) is 0 Å². The normalized spacial score (nSPS) is 45.7. The van der Waals surface area contributed by atoms with Gasteiger partial charge >= 0.3 is 0 Å². The molecule has 2 atom stereocenters. The van der Waals surface area contributed by atoms with Gasteiger partial charge in [0.15, 0.2) is 0 Å². The van der Waals surface area contributed by atoms with Crippen LogP contribution in [0.15, 0.2) is 0 Å². The van der Waals surface area contributed by atoms with Crippen LogP contribution in [0.1, 0.15) is 19.3 Å². The first kappa shape index (κ1) is 7.36. The molecule has 0 bridgehead atoms. The fraction of sp³-hybridized carbons (Fsp3) is 1.00. The second kappa shape index (κ2) is 2.47. The highest BCUT2D eigenvalue weighted by Gasteiger charge is 2.51. The number of hydrogen-bond acceptors (Lipinski definition) is 1. The Hall–Kier alpha value is 0.250. The first-order valence-corrected chi connectivity index (χ1v) is 3.61. The first-order valence-electron chi connectivity index (χ1n) is 3.61. The summed E-state index contributed by atoms with van der Waals surface area (Å²) in [4.78, 5) is 0. The molecule has 1 N–H and O–H groups in total. The molecule has 54 valence electrons. The van der Waals surface area contributed by atoms with Gasteiger partial charge < -0.3 is 5.32 Å². The van der Waals surface area contributed by atoms with E-state index in [9.17, 15) is 0 Å². The lowest BCUT2D eigenvalue weighted by atomic mass is 10.2. The molecule has 2 fully saturated rings.